The van der Waals surface area contributed by atoms with Crippen LogP contribution in [-0.4, -0.2) is 29.2 Å². The molecule has 0 bridgehead atoms. The van der Waals surface area contributed by atoms with Crippen molar-refractivity contribution in [2.75, 3.05) is 11.9 Å². The molecule has 5 nitrogen and oxygen atoms in total. The molecule has 0 atom stereocenters. The first-order chi connectivity index (χ1) is 11.5. The fourth-order valence-electron chi connectivity index (χ4n) is 2.47. The first-order valence-corrected chi connectivity index (χ1v) is 7.18. The molecule has 0 spiro atoms. The van der Waals surface area contributed by atoms with Gasteiger partial charge in [-0.2, -0.15) is 0 Å². The Labute approximate surface area is 135 Å². The number of carbonyl (C=O) groups excluding carboxylic acids is 3. The Bertz CT molecular complexity index is 816. The van der Waals surface area contributed by atoms with Gasteiger partial charge < -0.3 is 5.32 Å². The van der Waals surface area contributed by atoms with Crippen LogP contribution in [0.15, 0.2) is 42.5 Å². The molecule has 0 saturated carbocycles. The maximum atomic E-state index is 13.5. The maximum absolute atomic E-state index is 13.5. The second-order valence-corrected chi connectivity index (χ2v) is 5.21. The number of fused-ring (bicyclic) bond motifs is 1. The third-order valence-electron chi connectivity index (χ3n) is 3.67. The monoisotopic (exact) mass is 330 g/mol. The third-order valence-corrected chi connectivity index (χ3v) is 3.67. The minimum atomic E-state index is -1.16. The zero-order chi connectivity index (χ0) is 17.3. The van der Waals surface area contributed by atoms with E-state index in [-0.39, 0.29) is 18.7 Å². The number of nitrogens with one attached hydrogen (secondary N) is 1. The average Bonchev–Trinajstić information content (AvgIpc) is 2.82. The summed E-state index contributed by atoms with van der Waals surface area (Å²) in [5.41, 5.74) is 0.292. The van der Waals surface area contributed by atoms with Crippen molar-refractivity contribution < 1.29 is 23.2 Å². The van der Waals surface area contributed by atoms with Gasteiger partial charge in [0.25, 0.3) is 11.8 Å². The van der Waals surface area contributed by atoms with Crippen LogP contribution in [0.5, 0.6) is 0 Å². The van der Waals surface area contributed by atoms with Crippen LogP contribution < -0.4 is 5.32 Å². The number of anilines is 1. The normalized spacial score (nSPS) is 13.2. The minimum Gasteiger partial charge on any atom is -0.323 e. The van der Waals surface area contributed by atoms with Crippen molar-refractivity contribution in [3.8, 4) is 0 Å². The Morgan fingerprint density at radius 2 is 1.58 bits per heavy atom. The summed E-state index contributed by atoms with van der Waals surface area (Å²) in [5, 5.41) is 2.22. The maximum Gasteiger partial charge on any atom is 0.261 e. The quantitative estimate of drug-likeness (QED) is 0.876. The summed E-state index contributed by atoms with van der Waals surface area (Å²) in [7, 11) is 0. The topological polar surface area (TPSA) is 66.5 Å². The Kier molecular flexibility index (Phi) is 4.07. The number of halogens is 2. The summed E-state index contributed by atoms with van der Waals surface area (Å²) in [5.74, 6) is -3.81. The summed E-state index contributed by atoms with van der Waals surface area (Å²) < 4.78 is 26.6. The number of benzene rings is 2. The van der Waals surface area contributed by atoms with Crippen molar-refractivity contribution in [2.45, 2.75) is 6.42 Å². The number of amides is 3. The van der Waals surface area contributed by atoms with Gasteiger partial charge in [-0.3, -0.25) is 19.3 Å². The van der Waals surface area contributed by atoms with Crippen LogP contribution in [-0.2, 0) is 4.79 Å². The van der Waals surface area contributed by atoms with Gasteiger partial charge in [-0.15, -0.1) is 0 Å². The Morgan fingerprint density at radius 3 is 2.21 bits per heavy atom. The highest BCUT2D eigenvalue weighted by molar-refractivity contribution is 6.21. The summed E-state index contributed by atoms with van der Waals surface area (Å²) in [6.45, 7) is -0.144. The van der Waals surface area contributed by atoms with Crippen molar-refractivity contribution >= 4 is 23.4 Å². The highest BCUT2D eigenvalue weighted by Crippen LogP contribution is 2.22. The molecular formula is C17H12F2N2O3. The van der Waals surface area contributed by atoms with Gasteiger partial charge in [-0.05, 0) is 24.3 Å². The van der Waals surface area contributed by atoms with E-state index in [2.05, 4.69) is 5.32 Å². The van der Waals surface area contributed by atoms with E-state index in [0.29, 0.717) is 11.1 Å². The minimum absolute atomic E-state index is 0.144. The first kappa shape index (κ1) is 15.8. The van der Waals surface area contributed by atoms with E-state index in [4.69, 9.17) is 0 Å². The van der Waals surface area contributed by atoms with E-state index in [1.165, 1.54) is 24.3 Å². The number of hydrogen-bond acceptors (Lipinski definition) is 3. The predicted octanol–water partition coefficient (Wildman–Crippen LogP) is 2.59. The lowest BCUT2D eigenvalue weighted by molar-refractivity contribution is -0.116. The molecule has 1 aliphatic heterocycles. The number of hydrogen-bond donors (Lipinski definition) is 1. The largest absolute Gasteiger partial charge is 0.323 e. The number of nitrogens with zero attached hydrogens (tertiary/aromatic N) is 1. The zero-order valence-corrected chi connectivity index (χ0v) is 12.4. The van der Waals surface area contributed by atoms with Crippen molar-refractivity contribution in [3.63, 3.8) is 0 Å². The Hall–Kier alpha value is -3.09. The lowest BCUT2D eigenvalue weighted by Crippen LogP contribution is -2.33. The highest BCUT2D eigenvalue weighted by Gasteiger charge is 2.34. The molecular weight excluding hydrogens is 318 g/mol. The molecule has 0 aromatic heterocycles. The smallest absolute Gasteiger partial charge is 0.261 e. The van der Waals surface area contributed by atoms with E-state index in [1.807, 2.05) is 0 Å². The molecule has 2 aromatic rings. The Morgan fingerprint density at radius 1 is 0.958 bits per heavy atom. The molecule has 3 amide bonds. The molecule has 0 radical (unpaired) electrons. The molecule has 3 rings (SSSR count). The van der Waals surface area contributed by atoms with Gasteiger partial charge in [0.1, 0.15) is 0 Å². The van der Waals surface area contributed by atoms with Crippen molar-refractivity contribution in [1.82, 2.24) is 4.90 Å². The van der Waals surface area contributed by atoms with Crippen molar-refractivity contribution in [3.05, 3.63) is 65.2 Å². The Balaban J connectivity index is 1.64. The first-order valence-electron chi connectivity index (χ1n) is 7.18. The summed E-state index contributed by atoms with van der Waals surface area (Å²) in [6, 6.07) is 9.79. The lowest BCUT2D eigenvalue weighted by Gasteiger charge is -2.13. The number of imide groups is 1. The molecule has 0 saturated heterocycles. The fraction of sp³-hybridized carbons (Fsp3) is 0.118. The van der Waals surface area contributed by atoms with Gasteiger partial charge in [0.05, 0.1) is 16.8 Å². The SMILES string of the molecule is O=C(CCN1C(=O)c2ccccc2C1=O)Nc1cccc(F)c1F. The molecule has 122 valence electrons. The molecule has 0 fully saturated rings. The van der Waals surface area contributed by atoms with Crippen LogP contribution in [0, 0.1) is 11.6 Å². The van der Waals surface area contributed by atoms with Gasteiger partial charge >= 0.3 is 0 Å². The van der Waals surface area contributed by atoms with E-state index in [1.54, 1.807) is 12.1 Å². The van der Waals surface area contributed by atoms with Crippen LogP contribution in [0.25, 0.3) is 0 Å². The van der Waals surface area contributed by atoms with E-state index >= 15 is 0 Å². The van der Waals surface area contributed by atoms with E-state index in [0.717, 1.165) is 11.0 Å². The molecule has 24 heavy (non-hydrogen) atoms. The summed E-state index contributed by atoms with van der Waals surface area (Å²) in [6.07, 6.45) is -0.221. The predicted molar refractivity (Wildman–Crippen MR) is 81.4 cm³/mol. The van der Waals surface area contributed by atoms with Gasteiger partial charge in [-0.1, -0.05) is 18.2 Å². The van der Waals surface area contributed by atoms with Crippen LogP contribution in [0.2, 0.25) is 0 Å². The van der Waals surface area contributed by atoms with Crippen LogP contribution >= 0.6 is 0 Å². The molecule has 1 heterocycles. The molecule has 0 aliphatic carbocycles. The van der Waals surface area contributed by atoms with Crippen LogP contribution in [0.1, 0.15) is 27.1 Å². The molecule has 7 heteroatoms. The van der Waals surface area contributed by atoms with E-state index in [9.17, 15) is 23.2 Å². The average molecular weight is 330 g/mol. The van der Waals surface area contributed by atoms with Crippen molar-refractivity contribution in [1.29, 1.82) is 0 Å². The lowest BCUT2D eigenvalue weighted by atomic mass is 10.1. The van der Waals surface area contributed by atoms with Gasteiger partial charge in [0.2, 0.25) is 5.91 Å². The second-order valence-electron chi connectivity index (χ2n) is 5.21. The van der Waals surface area contributed by atoms with Crippen molar-refractivity contribution in [2.24, 2.45) is 0 Å². The fourth-order valence-corrected chi connectivity index (χ4v) is 2.47. The van der Waals surface area contributed by atoms with Gasteiger partial charge in [0.15, 0.2) is 11.6 Å². The third kappa shape index (κ3) is 2.76. The highest BCUT2D eigenvalue weighted by atomic mass is 19.2. The van der Waals surface area contributed by atoms with E-state index < -0.39 is 29.4 Å². The standard InChI is InChI=1S/C17H12F2N2O3/c18-12-6-3-7-13(15(12)19)20-14(22)8-9-21-16(23)10-4-1-2-5-11(10)17(21)24/h1-7H,8-9H2,(H,20,22). The summed E-state index contributed by atoms with van der Waals surface area (Å²) >= 11 is 0. The molecule has 1 N–H and O–H groups in total. The summed E-state index contributed by atoms with van der Waals surface area (Å²) in [4.78, 5) is 37.1. The number of carbonyl (C=O) groups is 3. The van der Waals surface area contributed by atoms with Crippen LogP contribution in [0.4, 0.5) is 14.5 Å². The molecule has 1 aliphatic rings. The number of rotatable bonds is 4. The van der Waals surface area contributed by atoms with Gasteiger partial charge in [-0.25, -0.2) is 8.78 Å². The molecule has 0 unspecified atom stereocenters. The molecule has 2 aromatic carbocycles. The van der Waals surface area contributed by atoms with Gasteiger partial charge in [0, 0.05) is 13.0 Å². The second kappa shape index (κ2) is 6.19. The van der Waals surface area contributed by atoms with Crippen LogP contribution in [0.3, 0.4) is 0 Å². The zero-order valence-electron chi connectivity index (χ0n) is 12.4.